The number of rotatable bonds is 22. The van der Waals surface area contributed by atoms with Crippen molar-refractivity contribution >= 4 is 0 Å². The first-order chi connectivity index (χ1) is 67.9. The highest BCUT2D eigenvalue weighted by Crippen LogP contribution is 2.50. The van der Waals surface area contributed by atoms with Crippen LogP contribution in [-0.4, -0.2) is 358 Å². The van der Waals surface area contributed by atoms with Crippen molar-refractivity contribution in [1.29, 1.82) is 0 Å². The number of hydrogen-bond acceptors (Lipinski definition) is 19. The molecule has 0 radical (unpaired) electrons. The maximum atomic E-state index is 5.39. The Hall–Kier alpha value is -0.760. The number of piperidine rings is 7. The Balaban J connectivity index is 0.000000164. The standard InChI is InChI=1S/3C15H29NO.C13H24N2O.C13H25NO.C12H21NO.2C12H23NO.C11H21NO.C4H10.C2H6/c3*1-11(2)14-6-7-16(10-15(14,3)4)12-8-13(9-12)17-5;1-16-13-9-12(10-13)15-7-5-14(6-8-15)11-3-2-4-11;1-10-5-6-14(9-13(10,2)3)11-7-12(8-11)15-4;1-14-12-7-11(8-12)13-9-3-2-4-10(13)6-5-9;2*1-12(2)5-4-6-13(9-12)10-7-11(8-10)14-3;1-13-11-8-10(9-11)12-6-4-2-3-5-7-12;1-4(2)3;1-2/h3*11-14H,6-10H2,1-5H3;11-13H,2-10H2,1H3;10-12H,5-9H2,1-4H3;9-12H,2-8H2,1H3;2*10-11H,4-9H2,1-3H3;10-11H,2-9H2,1H3;4H,1-3H3;1-2H3/t3*12?,13?,14-;;10-,11?,12?;;;;;;/m110.1....../s1. The number of methoxy groups -OCH3 is 9. The lowest BCUT2D eigenvalue weighted by molar-refractivity contribution is -0.0665. The van der Waals surface area contributed by atoms with E-state index in [2.05, 4.69) is 201 Å². The Bertz CT molecular complexity index is 3190. The van der Waals surface area contributed by atoms with E-state index in [0.29, 0.717) is 87.4 Å². The lowest BCUT2D eigenvalue weighted by Gasteiger charge is -2.52. The minimum absolute atomic E-state index is 0.477. The fourth-order valence-electron chi connectivity index (χ4n) is 29.9. The second kappa shape index (κ2) is 58.9. The molecule has 19 nitrogen and oxygen atoms in total. The van der Waals surface area contributed by atoms with Crippen molar-refractivity contribution in [1.82, 2.24) is 49.0 Å². The van der Waals surface area contributed by atoms with Crippen molar-refractivity contribution < 1.29 is 42.6 Å². The second-order valence-electron chi connectivity index (χ2n) is 55.9. The van der Waals surface area contributed by atoms with Crippen LogP contribution in [0.2, 0.25) is 0 Å². The van der Waals surface area contributed by atoms with Crippen molar-refractivity contribution in [3.8, 4) is 0 Å². The van der Waals surface area contributed by atoms with E-state index in [-0.39, 0.29) is 0 Å². The Labute approximate surface area is 885 Å². The summed E-state index contributed by atoms with van der Waals surface area (Å²) in [4.78, 5) is 27.1. The molecule has 6 atom stereocenters. The zero-order valence-corrected chi connectivity index (χ0v) is 100. The lowest BCUT2D eigenvalue weighted by Crippen LogP contribution is -2.57. The summed E-state index contributed by atoms with van der Waals surface area (Å²) < 4.78 is 48.2. The number of fused-ring (bicyclic) bond motifs is 2. The molecule has 19 heteroatoms. The molecule has 0 aromatic carbocycles. The molecule has 10 aliphatic carbocycles. The Morgan fingerprint density at radius 1 is 0.203 bits per heavy atom. The molecule has 0 amide bonds. The predicted octanol–water partition coefficient (Wildman–Crippen LogP) is 24.9. The van der Waals surface area contributed by atoms with E-state index >= 15 is 0 Å². The van der Waals surface area contributed by atoms with Crippen molar-refractivity contribution in [2.24, 2.45) is 79.8 Å². The largest absolute Gasteiger partial charge is 0.381 e. The van der Waals surface area contributed by atoms with Gasteiger partial charge in [-0.2, -0.15) is 0 Å². The molecule has 2 bridgehead atoms. The van der Waals surface area contributed by atoms with Crippen LogP contribution in [0.5, 0.6) is 0 Å². The van der Waals surface area contributed by atoms with Gasteiger partial charge in [0.1, 0.15) is 0 Å². The molecule has 20 rings (SSSR count). The molecule has 0 spiro atoms. The lowest BCUT2D eigenvalue weighted by atomic mass is 9.68. The van der Waals surface area contributed by atoms with Crippen LogP contribution in [-0.2, 0) is 42.6 Å². The molecule has 20 aliphatic rings. The molecule has 10 aliphatic heterocycles. The molecule has 0 aromatic rings. The maximum absolute atomic E-state index is 5.39. The van der Waals surface area contributed by atoms with Crippen molar-refractivity contribution in [2.45, 2.75) is 538 Å². The van der Waals surface area contributed by atoms with E-state index < -0.39 is 0 Å². The molecule has 0 aromatic heterocycles. The van der Waals surface area contributed by atoms with Gasteiger partial charge < -0.3 is 47.5 Å². The quantitative estimate of drug-likeness (QED) is 0.102. The number of piperazine rings is 1. The van der Waals surface area contributed by atoms with Crippen LogP contribution in [0.25, 0.3) is 0 Å². The van der Waals surface area contributed by atoms with E-state index in [1.54, 1.807) is 0 Å². The first-order valence-electron chi connectivity index (χ1n) is 61.1. The zero-order chi connectivity index (χ0) is 104. The monoisotopic (exact) mass is 2010 g/mol. The van der Waals surface area contributed by atoms with Gasteiger partial charge in [-0.1, -0.05) is 192 Å². The normalized spacial score (nSPS) is 37.9. The van der Waals surface area contributed by atoms with E-state index in [4.69, 9.17) is 42.6 Å². The van der Waals surface area contributed by atoms with Crippen LogP contribution in [0.15, 0.2) is 0 Å². The third-order valence-electron chi connectivity index (χ3n) is 40.6. The number of ether oxygens (including phenoxy) is 9. The Morgan fingerprint density at radius 2 is 0.413 bits per heavy atom. The minimum Gasteiger partial charge on any atom is -0.381 e. The highest BCUT2D eigenvalue weighted by molar-refractivity contribution is 5.05. The summed E-state index contributed by atoms with van der Waals surface area (Å²) in [6.45, 7) is 79.7. The number of nitrogens with zero attached hydrogens (tertiary/aromatic N) is 10. The Kier molecular flexibility index (Phi) is 51.1. The molecular weight excluding hydrogens is 1770 g/mol. The van der Waals surface area contributed by atoms with E-state index in [0.717, 1.165) is 120 Å². The fraction of sp³-hybridized carbons (Fsp3) is 1.00. The van der Waals surface area contributed by atoms with Crippen LogP contribution < -0.4 is 0 Å². The van der Waals surface area contributed by atoms with Crippen LogP contribution in [0.1, 0.15) is 410 Å². The van der Waals surface area contributed by atoms with E-state index in [1.165, 1.54) is 362 Å². The van der Waals surface area contributed by atoms with Crippen molar-refractivity contribution in [3.05, 3.63) is 0 Å². The Morgan fingerprint density at radius 3 is 0.643 bits per heavy atom. The van der Waals surface area contributed by atoms with Gasteiger partial charge in [0.05, 0.1) is 54.9 Å². The van der Waals surface area contributed by atoms with Gasteiger partial charge in [-0.25, -0.2) is 0 Å². The van der Waals surface area contributed by atoms with Gasteiger partial charge in [-0.15, -0.1) is 0 Å². The molecule has 10 saturated heterocycles. The van der Waals surface area contributed by atoms with Gasteiger partial charge in [-0.3, -0.25) is 44.1 Å². The first-order valence-corrected chi connectivity index (χ1v) is 61.1. The summed E-state index contributed by atoms with van der Waals surface area (Å²) >= 11 is 0. The zero-order valence-electron chi connectivity index (χ0n) is 100. The van der Waals surface area contributed by atoms with Gasteiger partial charge >= 0.3 is 0 Å². The second-order valence-corrected chi connectivity index (χ2v) is 55.9. The first kappa shape index (κ1) is 124. The van der Waals surface area contributed by atoms with E-state index in [9.17, 15) is 0 Å². The molecule has 10 heterocycles. The van der Waals surface area contributed by atoms with E-state index in [1.807, 2.05) is 77.8 Å². The van der Waals surface area contributed by atoms with Gasteiger partial charge in [0.25, 0.3) is 0 Å². The van der Waals surface area contributed by atoms with Gasteiger partial charge in [0.15, 0.2) is 0 Å². The topological polar surface area (TPSA) is 115 Å². The molecule has 0 N–H and O–H groups in total. The van der Waals surface area contributed by atoms with Crippen LogP contribution in [0.3, 0.4) is 0 Å². The molecule has 2 unspecified atom stereocenters. The predicted molar refractivity (Wildman–Crippen MR) is 603 cm³/mol. The summed E-state index contributed by atoms with van der Waals surface area (Å²) in [5.41, 5.74) is 3.00. The van der Waals surface area contributed by atoms with Crippen LogP contribution in [0.4, 0.5) is 0 Å². The van der Waals surface area contributed by atoms with Gasteiger partial charge in [0, 0.05) is 202 Å². The van der Waals surface area contributed by atoms with Crippen LogP contribution in [0, 0.1) is 79.8 Å². The SMILES string of the molecule is CC.CC(C)C.COC1CC(N2C3CCCC2CC3)C1.COC1CC(N2CCCC(C)(C)C2)C1.COC1CC(N2CCCC(C)(C)C2)C1.COC1CC(N2CCCCCC2)C1.COC1CC(N2CCN(C3CCC3)CC2)C1.COC1CC(N2CC[C@@H](C(C)C)C(C)(C)C2)C1.COC1CC(N2CC[C@@H](C)C(C)(C)C2)C1.COC1CC(N2CC[C@H](C(C)C)C(C)(C)C2)C1.COC1CC(N2CC[C@H](C(C)C)C(C)(C)C2)C1. The number of likely N-dealkylation sites (tertiary alicyclic amines) is 7. The average molecular weight is 2020 g/mol. The number of hydrogen-bond donors (Lipinski definition) is 0. The third-order valence-corrected chi connectivity index (χ3v) is 40.6. The van der Waals surface area contributed by atoms with Crippen LogP contribution >= 0.6 is 0 Å². The van der Waals surface area contributed by atoms with Gasteiger partial charge in [-0.05, 0) is 350 Å². The smallest absolute Gasteiger partial charge is 0.0601 e. The van der Waals surface area contributed by atoms with Crippen molar-refractivity contribution in [3.63, 3.8) is 0 Å². The molecule has 10 saturated carbocycles. The third kappa shape index (κ3) is 36.7. The fourth-order valence-corrected chi connectivity index (χ4v) is 29.9. The molecule has 143 heavy (non-hydrogen) atoms. The van der Waals surface area contributed by atoms with Gasteiger partial charge in [0.2, 0.25) is 0 Å². The highest BCUT2D eigenvalue weighted by atomic mass is 16.5. The highest BCUT2D eigenvalue weighted by Gasteiger charge is 2.51. The molecular formula is C124H240N10O9. The minimum atomic E-state index is 0.477. The maximum Gasteiger partial charge on any atom is 0.0601 e. The summed E-state index contributed by atoms with van der Waals surface area (Å²) in [6, 6.07) is 10.2. The van der Waals surface area contributed by atoms with Crippen molar-refractivity contribution in [2.75, 3.05) is 182 Å². The average Bonchev–Trinajstić information content (AvgIpc) is 1.12. The molecule has 840 valence electrons. The summed E-state index contributed by atoms with van der Waals surface area (Å²) in [5.74, 6) is 6.82. The summed E-state index contributed by atoms with van der Waals surface area (Å²) in [7, 11) is 16.6. The summed E-state index contributed by atoms with van der Waals surface area (Å²) in [6.07, 6.45) is 56.0. The summed E-state index contributed by atoms with van der Waals surface area (Å²) in [5, 5.41) is 0. The molecule has 20 fully saturated rings.